The van der Waals surface area contributed by atoms with Gasteiger partial charge in [-0.15, -0.1) is 0 Å². The summed E-state index contributed by atoms with van der Waals surface area (Å²) >= 11 is 0. The zero-order chi connectivity index (χ0) is 11.1. The topological polar surface area (TPSA) is 45.8 Å². The van der Waals surface area contributed by atoms with E-state index in [0.29, 0.717) is 24.1 Å². The molecule has 3 nitrogen and oxygen atoms in total. The van der Waals surface area contributed by atoms with Gasteiger partial charge in [0.25, 0.3) is 5.78 Å². The SMILES string of the molecule is O=C(c1n[nH]c2c1CCCC2)C(F)(F)F. The number of aryl methyl sites for hydroxylation is 1. The van der Waals surface area contributed by atoms with Crippen LogP contribution in [0.3, 0.4) is 0 Å². The lowest BCUT2D eigenvalue weighted by Gasteiger charge is -2.11. The van der Waals surface area contributed by atoms with E-state index in [-0.39, 0.29) is 0 Å². The van der Waals surface area contributed by atoms with Crippen molar-refractivity contribution in [2.45, 2.75) is 31.9 Å². The Hall–Kier alpha value is -1.33. The van der Waals surface area contributed by atoms with E-state index in [0.717, 1.165) is 12.8 Å². The van der Waals surface area contributed by atoms with Crippen molar-refractivity contribution in [3.63, 3.8) is 0 Å². The van der Waals surface area contributed by atoms with Crippen molar-refractivity contribution in [3.8, 4) is 0 Å². The largest absolute Gasteiger partial charge is 0.456 e. The second kappa shape index (κ2) is 3.36. The molecular formula is C9H9F3N2O. The fourth-order valence-corrected chi connectivity index (χ4v) is 1.80. The van der Waals surface area contributed by atoms with Crippen LogP contribution in [0.15, 0.2) is 0 Å². The fraction of sp³-hybridized carbons (Fsp3) is 0.556. The number of halogens is 3. The minimum Gasteiger partial charge on any atom is -0.282 e. The molecule has 0 radical (unpaired) electrons. The predicted molar refractivity (Wildman–Crippen MR) is 45.6 cm³/mol. The third-order valence-electron chi connectivity index (χ3n) is 2.53. The number of rotatable bonds is 1. The van der Waals surface area contributed by atoms with Crippen LogP contribution in [0.5, 0.6) is 0 Å². The monoisotopic (exact) mass is 218 g/mol. The molecule has 6 heteroatoms. The number of carbonyl (C=O) groups is 1. The molecule has 1 N–H and O–H groups in total. The van der Waals surface area contributed by atoms with Crippen molar-refractivity contribution >= 4 is 5.78 Å². The third kappa shape index (κ3) is 1.75. The summed E-state index contributed by atoms with van der Waals surface area (Å²) < 4.78 is 36.5. The normalized spacial score (nSPS) is 16.2. The van der Waals surface area contributed by atoms with E-state index in [2.05, 4.69) is 10.2 Å². The van der Waals surface area contributed by atoms with Crippen LogP contribution >= 0.6 is 0 Å². The molecule has 1 aliphatic carbocycles. The number of ketones is 1. The van der Waals surface area contributed by atoms with Crippen LogP contribution in [0.4, 0.5) is 13.2 Å². The van der Waals surface area contributed by atoms with Crippen LogP contribution < -0.4 is 0 Å². The molecule has 1 heterocycles. The summed E-state index contributed by atoms with van der Waals surface area (Å²) in [6, 6.07) is 0. The highest BCUT2D eigenvalue weighted by Gasteiger charge is 2.42. The average molecular weight is 218 g/mol. The molecule has 0 atom stereocenters. The lowest BCUT2D eigenvalue weighted by molar-refractivity contribution is -0.0888. The number of hydrogen-bond donors (Lipinski definition) is 1. The Bertz CT molecular complexity index is 395. The molecule has 0 saturated carbocycles. The number of nitrogens with one attached hydrogen (secondary N) is 1. The molecule has 0 aromatic carbocycles. The quantitative estimate of drug-likeness (QED) is 0.733. The maximum absolute atomic E-state index is 12.2. The van der Waals surface area contributed by atoms with Gasteiger partial charge < -0.3 is 0 Å². The minimum atomic E-state index is -4.83. The average Bonchev–Trinajstić information content (AvgIpc) is 2.58. The Morgan fingerprint density at radius 2 is 1.93 bits per heavy atom. The molecule has 0 unspecified atom stereocenters. The van der Waals surface area contributed by atoms with Gasteiger partial charge >= 0.3 is 6.18 Å². The van der Waals surface area contributed by atoms with Gasteiger partial charge in [0.1, 0.15) is 5.69 Å². The molecule has 15 heavy (non-hydrogen) atoms. The first kappa shape index (κ1) is 10.2. The molecule has 0 aliphatic heterocycles. The van der Waals surface area contributed by atoms with E-state index in [4.69, 9.17) is 0 Å². The number of H-pyrrole nitrogens is 1. The van der Waals surface area contributed by atoms with E-state index in [9.17, 15) is 18.0 Å². The van der Waals surface area contributed by atoms with Gasteiger partial charge in [0.15, 0.2) is 0 Å². The summed E-state index contributed by atoms with van der Waals surface area (Å²) in [5.41, 5.74) is 0.676. The Balaban J connectivity index is 2.37. The standard InChI is InChI=1S/C9H9F3N2O/c10-9(11,12)8(15)7-5-3-1-2-4-6(5)13-14-7/h1-4H2,(H,13,14). The first-order valence-corrected chi connectivity index (χ1v) is 4.68. The number of Topliss-reactive ketones (excluding diaryl/α,β-unsaturated/α-hetero) is 1. The number of hydrogen-bond acceptors (Lipinski definition) is 2. The molecule has 2 rings (SSSR count). The van der Waals surface area contributed by atoms with Crippen molar-refractivity contribution in [1.82, 2.24) is 10.2 Å². The van der Waals surface area contributed by atoms with Gasteiger partial charge in [0.2, 0.25) is 0 Å². The van der Waals surface area contributed by atoms with Crippen LogP contribution in [-0.2, 0) is 12.8 Å². The third-order valence-corrected chi connectivity index (χ3v) is 2.53. The van der Waals surface area contributed by atoms with E-state index in [1.165, 1.54) is 0 Å². The molecule has 0 spiro atoms. The zero-order valence-corrected chi connectivity index (χ0v) is 7.82. The van der Waals surface area contributed by atoms with E-state index in [1.807, 2.05) is 0 Å². The predicted octanol–water partition coefficient (Wildman–Crippen LogP) is 2.03. The molecule has 0 amide bonds. The molecule has 0 bridgehead atoms. The Kier molecular flexibility index (Phi) is 2.28. The molecular weight excluding hydrogens is 209 g/mol. The molecule has 0 saturated heterocycles. The second-order valence-corrected chi connectivity index (χ2v) is 3.56. The van der Waals surface area contributed by atoms with E-state index in [1.54, 1.807) is 0 Å². The lowest BCUT2D eigenvalue weighted by atomic mass is 9.95. The highest BCUT2D eigenvalue weighted by atomic mass is 19.4. The molecule has 0 fully saturated rings. The fourth-order valence-electron chi connectivity index (χ4n) is 1.80. The minimum absolute atomic E-state index is 0.447. The van der Waals surface area contributed by atoms with Gasteiger partial charge in [0.05, 0.1) is 0 Å². The summed E-state index contributed by atoms with van der Waals surface area (Å²) in [6.45, 7) is 0. The smallest absolute Gasteiger partial charge is 0.282 e. The van der Waals surface area contributed by atoms with Crippen molar-refractivity contribution < 1.29 is 18.0 Å². The Morgan fingerprint density at radius 3 is 2.60 bits per heavy atom. The summed E-state index contributed by atoms with van der Waals surface area (Å²) in [7, 11) is 0. The number of alkyl halides is 3. The van der Waals surface area contributed by atoms with Crippen LogP contribution in [-0.4, -0.2) is 22.2 Å². The molecule has 1 aliphatic rings. The van der Waals surface area contributed by atoms with Crippen LogP contribution in [0.2, 0.25) is 0 Å². The molecule has 82 valence electrons. The Labute approximate surface area is 83.7 Å². The summed E-state index contributed by atoms with van der Waals surface area (Å²) in [6.07, 6.45) is -1.92. The van der Waals surface area contributed by atoms with Crippen molar-refractivity contribution in [3.05, 3.63) is 17.0 Å². The van der Waals surface area contributed by atoms with Crippen molar-refractivity contribution in [2.75, 3.05) is 0 Å². The first-order valence-electron chi connectivity index (χ1n) is 4.68. The maximum Gasteiger partial charge on any atom is 0.456 e. The van der Waals surface area contributed by atoms with Crippen LogP contribution in [0.25, 0.3) is 0 Å². The summed E-state index contributed by atoms with van der Waals surface area (Å²) in [5, 5.41) is 5.98. The number of aromatic amines is 1. The summed E-state index contributed by atoms with van der Waals surface area (Å²) in [4.78, 5) is 11.0. The highest BCUT2D eigenvalue weighted by molar-refractivity contribution is 6.00. The van der Waals surface area contributed by atoms with Crippen LogP contribution in [0.1, 0.15) is 34.6 Å². The van der Waals surface area contributed by atoms with E-state index >= 15 is 0 Å². The zero-order valence-electron chi connectivity index (χ0n) is 7.82. The second-order valence-electron chi connectivity index (χ2n) is 3.56. The van der Waals surface area contributed by atoms with Gasteiger partial charge in [-0.25, -0.2) is 0 Å². The lowest BCUT2D eigenvalue weighted by Crippen LogP contribution is -2.24. The van der Waals surface area contributed by atoms with Crippen molar-refractivity contribution in [1.29, 1.82) is 0 Å². The summed E-state index contributed by atoms with van der Waals surface area (Å²) in [5.74, 6) is -1.85. The van der Waals surface area contributed by atoms with Gasteiger partial charge in [0, 0.05) is 11.3 Å². The highest BCUT2D eigenvalue weighted by Crippen LogP contribution is 2.27. The number of nitrogens with zero attached hydrogens (tertiary/aromatic N) is 1. The van der Waals surface area contributed by atoms with Gasteiger partial charge in [-0.2, -0.15) is 18.3 Å². The number of aromatic nitrogens is 2. The Morgan fingerprint density at radius 1 is 1.27 bits per heavy atom. The molecule has 1 aromatic heterocycles. The maximum atomic E-state index is 12.2. The van der Waals surface area contributed by atoms with Gasteiger partial charge in [-0.05, 0) is 25.7 Å². The first-order chi connectivity index (χ1) is 7.00. The number of carbonyl (C=O) groups excluding carboxylic acids is 1. The van der Waals surface area contributed by atoms with Crippen molar-refractivity contribution in [2.24, 2.45) is 0 Å². The number of fused-ring (bicyclic) bond motifs is 1. The van der Waals surface area contributed by atoms with E-state index < -0.39 is 17.7 Å². The van der Waals surface area contributed by atoms with Crippen LogP contribution in [0, 0.1) is 0 Å². The molecule has 1 aromatic rings. The van der Waals surface area contributed by atoms with Gasteiger partial charge in [-0.1, -0.05) is 0 Å². The van der Waals surface area contributed by atoms with Gasteiger partial charge in [-0.3, -0.25) is 9.89 Å².